The van der Waals surface area contributed by atoms with Crippen LogP contribution in [0.1, 0.15) is 106 Å². The van der Waals surface area contributed by atoms with E-state index in [1.165, 1.54) is 0 Å². The molecule has 0 aliphatic heterocycles. The summed E-state index contributed by atoms with van der Waals surface area (Å²) in [7, 11) is 0. The first-order valence-corrected chi connectivity index (χ1v) is 14.3. The third-order valence-electron chi connectivity index (χ3n) is 13.1. The van der Waals surface area contributed by atoms with Crippen LogP contribution in [0.4, 0.5) is 0 Å². The number of carboxylic acids is 1. The Morgan fingerprint density at radius 3 is 2.28 bits per heavy atom. The minimum atomic E-state index is -0.729. The summed E-state index contributed by atoms with van der Waals surface area (Å²) >= 11 is 0. The van der Waals surface area contributed by atoms with Gasteiger partial charge in [0.2, 0.25) is 0 Å². The molecule has 0 aromatic heterocycles. The van der Waals surface area contributed by atoms with Crippen molar-refractivity contribution in [2.45, 2.75) is 106 Å². The van der Waals surface area contributed by atoms with Crippen LogP contribution in [0.2, 0.25) is 0 Å². The summed E-state index contributed by atoms with van der Waals surface area (Å²) in [5, 5.41) is 19.8. The first-order chi connectivity index (χ1) is 16.6. The first kappa shape index (κ1) is 26.0. The van der Waals surface area contributed by atoms with Gasteiger partial charge >= 0.3 is 5.97 Å². The molecule has 5 nitrogen and oxygen atoms in total. The Kier molecular flexibility index (Phi) is 5.72. The molecule has 0 heterocycles. The lowest BCUT2D eigenvalue weighted by Crippen LogP contribution is -2.68. The number of Topliss-reactive ketones (excluding diaryl/α,β-unsaturated/α-hetero) is 2. The quantitative estimate of drug-likeness (QED) is 0.324. The van der Waals surface area contributed by atoms with Gasteiger partial charge < -0.3 is 10.2 Å². The standard InChI is InChI=1S/C31H46O5/c1-18-20-7-8-29(5)23(28(20,4)14-19(17-32)26(18)36)13-22(33)25-21-15-27(2,3)9-11-31(21,16-24(34)35)12-10-30(25,29)6/h17-18,20-21,23,25,32H,7-16H2,1-6H3,(H,34,35)/b19-17-/t18-,20?,21?,23?,25?,28+,29-,30-,31-/m1/s1. The molecule has 0 aromatic rings. The highest BCUT2D eigenvalue weighted by Crippen LogP contribution is 2.75. The highest BCUT2D eigenvalue weighted by molar-refractivity contribution is 5.98. The molecule has 36 heavy (non-hydrogen) atoms. The van der Waals surface area contributed by atoms with E-state index in [1.807, 2.05) is 6.92 Å². The number of ketones is 2. The summed E-state index contributed by atoms with van der Waals surface area (Å²) in [4.78, 5) is 39.4. The zero-order valence-corrected chi connectivity index (χ0v) is 23.2. The number of aliphatic hydroxyl groups excluding tert-OH is 1. The summed E-state index contributed by atoms with van der Waals surface area (Å²) in [6.07, 6.45) is 8.89. The zero-order chi connectivity index (χ0) is 26.5. The van der Waals surface area contributed by atoms with Crippen LogP contribution in [-0.4, -0.2) is 27.7 Å². The molecule has 5 aliphatic rings. The molecule has 0 saturated heterocycles. The predicted octanol–water partition coefficient (Wildman–Crippen LogP) is 6.75. The lowest BCUT2D eigenvalue weighted by molar-refractivity contribution is -0.228. The number of carbonyl (C=O) groups is 3. The van der Waals surface area contributed by atoms with Crippen molar-refractivity contribution in [1.82, 2.24) is 0 Å². The number of rotatable bonds is 2. The zero-order valence-electron chi connectivity index (χ0n) is 23.2. The van der Waals surface area contributed by atoms with E-state index in [0.717, 1.165) is 51.2 Å². The molecule has 0 bridgehead atoms. The lowest BCUT2D eigenvalue weighted by Gasteiger charge is -2.72. The fourth-order valence-corrected chi connectivity index (χ4v) is 11.0. The lowest BCUT2D eigenvalue weighted by atomic mass is 9.31. The number of fused-ring (bicyclic) bond motifs is 7. The van der Waals surface area contributed by atoms with Crippen LogP contribution >= 0.6 is 0 Å². The smallest absolute Gasteiger partial charge is 0.303 e. The number of carboxylic acid groups (broad SMARTS) is 1. The van der Waals surface area contributed by atoms with Crippen molar-refractivity contribution in [3.8, 4) is 0 Å². The van der Waals surface area contributed by atoms with Crippen LogP contribution in [0.15, 0.2) is 11.8 Å². The highest BCUT2D eigenvalue weighted by atomic mass is 16.4. The van der Waals surface area contributed by atoms with Crippen molar-refractivity contribution in [3.63, 3.8) is 0 Å². The van der Waals surface area contributed by atoms with Gasteiger partial charge in [0.25, 0.3) is 0 Å². The normalized spacial score (nSPS) is 51.1. The minimum absolute atomic E-state index is 0.0610. The molecule has 0 aromatic carbocycles. The van der Waals surface area contributed by atoms with E-state index in [2.05, 4.69) is 34.6 Å². The number of hydrogen-bond acceptors (Lipinski definition) is 4. The Labute approximate surface area is 216 Å². The van der Waals surface area contributed by atoms with Crippen molar-refractivity contribution in [3.05, 3.63) is 11.8 Å². The maximum atomic E-state index is 14.4. The Morgan fingerprint density at radius 2 is 1.64 bits per heavy atom. The molecule has 5 saturated carbocycles. The number of hydrogen-bond donors (Lipinski definition) is 2. The van der Waals surface area contributed by atoms with Gasteiger partial charge in [-0.3, -0.25) is 14.4 Å². The summed E-state index contributed by atoms with van der Waals surface area (Å²) in [6, 6.07) is 0. The van der Waals surface area contributed by atoms with Crippen LogP contribution in [0.3, 0.4) is 0 Å². The third-order valence-corrected chi connectivity index (χ3v) is 13.1. The molecule has 9 atom stereocenters. The third kappa shape index (κ3) is 3.29. The highest BCUT2D eigenvalue weighted by Gasteiger charge is 2.71. The molecular weight excluding hydrogens is 452 g/mol. The Morgan fingerprint density at radius 1 is 0.972 bits per heavy atom. The monoisotopic (exact) mass is 498 g/mol. The number of aliphatic carboxylic acids is 1. The van der Waals surface area contributed by atoms with Crippen molar-refractivity contribution in [2.75, 3.05) is 0 Å². The molecule has 5 rings (SSSR count). The van der Waals surface area contributed by atoms with E-state index >= 15 is 0 Å². The number of aliphatic hydroxyl groups is 1. The average Bonchev–Trinajstić information content (AvgIpc) is 2.78. The van der Waals surface area contributed by atoms with Gasteiger partial charge in [-0.2, -0.15) is 0 Å². The molecule has 0 amide bonds. The fourth-order valence-electron chi connectivity index (χ4n) is 11.0. The van der Waals surface area contributed by atoms with Gasteiger partial charge in [0, 0.05) is 23.8 Å². The molecule has 200 valence electrons. The Hall–Kier alpha value is -1.65. The van der Waals surface area contributed by atoms with E-state index in [4.69, 9.17) is 0 Å². The van der Waals surface area contributed by atoms with Crippen LogP contribution < -0.4 is 0 Å². The second kappa shape index (κ2) is 7.93. The average molecular weight is 499 g/mol. The second-order valence-corrected chi connectivity index (χ2v) is 15.1. The largest absolute Gasteiger partial charge is 0.515 e. The van der Waals surface area contributed by atoms with Crippen molar-refractivity contribution >= 4 is 17.5 Å². The second-order valence-electron chi connectivity index (χ2n) is 15.1. The maximum absolute atomic E-state index is 14.4. The van der Waals surface area contributed by atoms with Gasteiger partial charge in [-0.25, -0.2) is 0 Å². The predicted molar refractivity (Wildman–Crippen MR) is 138 cm³/mol. The van der Waals surface area contributed by atoms with Gasteiger partial charge in [0.05, 0.1) is 12.7 Å². The molecule has 0 spiro atoms. The van der Waals surface area contributed by atoms with E-state index in [1.54, 1.807) is 0 Å². The van der Waals surface area contributed by atoms with Crippen LogP contribution in [0.5, 0.6) is 0 Å². The van der Waals surface area contributed by atoms with E-state index in [0.29, 0.717) is 24.2 Å². The minimum Gasteiger partial charge on any atom is -0.515 e. The SMILES string of the molecule is C[C@H]1C(=O)/C(=C\O)C[C@@]2(C)C1CC[C@]1(C)C2CC(=O)C2C3CC(C)(C)CC[C@]3(CC(=O)O)CC[C@]21C. The fraction of sp³-hybridized carbons (Fsp3) is 0.839. The van der Waals surface area contributed by atoms with E-state index in [-0.39, 0.29) is 68.9 Å². The van der Waals surface area contributed by atoms with Gasteiger partial charge in [-0.05, 0) is 96.2 Å². The van der Waals surface area contributed by atoms with Crippen molar-refractivity contribution < 1.29 is 24.6 Å². The van der Waals surface area contributed by atoms with Crippen molar-refractivity contribution in [2.24, 2.45) is 56.7 Å². The Bertz CT molecular complexity index is 1030. The number of allylic oxidation sites excluding steroid dienone is 1. The van der Waals surface area contributed by atoms with E-state index < -0.39 is 5.97 Å². The topological polar surface area (TPSA) is 91.7 Å². The molecule has 4 unspecified atom stereocenters. The molecular formula is C31H46O5. The van der Waals surface area contributed by atoms with Crippen LogP contribution in [-0.2, 0) is 14.4 Å². The van der Waals surface area contributed by atoms with Crippen LogP contribution in [0, 0.1) is 56.7 Å². The summed E-state index contributed by atoms with van der Waals surface area (Å²) in [5.41, 5.74) is -0.0942. The summed E-state index contributed by atoms with van der Waals surface area (Å²) in [5.74, 6) is -0.0642. The molecule has 2 N–H and O–H groups in total. The summed E-state index contributed by atoms with van der Waals surface area (Å²) < 4.78 is 0. The van der Waals surface area contributed by atoms with E-state index in [9.17, 15) is 24.6 Å². The van der Waals surface area contributed by atoms with Gasteiger partial charge in [0.15, 0.2) is 5.78 Å². The van der Waals surface area contributed by atoms with Crippen LogP contribution in [0.25, 0.3) is 0 Å². The van der Waals surface area contributed by atoms with Gasteiger partial charge in [0.1, 0.15) is 5.78 Å². The van der Waals surface area contributed by atoms with Crippen molar-refractivity contribution in [1.29, 1.82) is 0 Å². The number of carbonyl (C=O) groups excluding carboxylic acids is 2. The summed E-state index contributed by atoms with van der Waals surface area (Å²) in [6.45, 7) is 13.6. The maximum Gasteiger partial charge on any atom is 0.303 e. The molecule has 5 aliphatic carbocycles. The molecule has 5 heteroatoms. The molecule has 5 fully saturated rings. The van der Waals surface area contributed by atoms with Gasteiger partial charge in [-0.1, -0.05) is 41.5 Å². The first-order valence-electron chi connectivity index (χ1n) is 14.3. The Balaban J connectivity index is 1.59. The molecule has 0 radical (unpaired) electrons. The van der Waals surface area contributed by atoms with Gasteiger partial charge in [-0.15, -0.1) is 0 Å².